The molecule has 32 heavy (non-hydrogen) atoms. The number of benzene rings is 2. The molecule has 0 bridgehead atoms. The van der Waals surface area contributed by atoms with Crippen molar-refractivity contribution in [2.75, 3.05) is 6.61 Å². The molecule has 3 rings (SSSR count). The molecule has 0 spiro atoms. The van der Waals surface area contributed by atoms with Gasteiger partial charge in [0.1, 0.15) is 5.75 Å². The fourth-order valence-corrected chi connectivity index (χ4v) is 4.47. The fraction of sp³-hybridized carbons (Fsp3) is 0.440. The molecule has 0 unspecified atom stereocenters. The molecule has 1 amide bonds. The zero-order chi connectivity index (χ0) is 23.3. The lowest BCUT2D eigenvalue weighted by Gasteiger charge is -2.43. The Kier molecular flexibility index (Phi) is 7.80. The van der Waals surface area contributed by atoms with Crippen LogP contribution in [0.1, 0.15) is 68.9 Å². The average molecular weight is 460 g/mol. The maximum atomic E-state index is 12.0. The molecule has 0 radical (unpaired) electrons. The van der Waals surface area contributed by atoms with Crippen LogP contribution in [-0.4, -0.2) is 29.1 Å². The Morgan fingerprint density at radius 1 is 1.19 bits per heavy atom. The van der Waals surface area contributed by atoms with Crippen molar-refractivity contribution in [2.24, 2.45) is 0 Å². The number of aliphatic carboxylic acids is 1. The molecule has 1 fully saturated rings. The van der Waals surface area contributed by atoms with Gasteiger partial charge in [0.25, 0.3) is 0 Å². The fourth-order valence-electron chi connectivity index (χ4n) is 4.35. The Bertz CT molecular complexity index is 961. The molecule has 2 aromatic rings. The number of aryl methyl sites for hydroxylation is 1. The van der Waals surface area contributed by atoms with E-state index in [1.807, 2.05) is 49.4 Å². The summed E-state index contributed by atoms with van der Waals surface area (Å²) in [5.74, 6) is -0.662. The van der Waals surface area contributed by atoms with Gasteiger partial charge in [0.15, 0.2) is 6.61 Å². The Labute approximate surface area is 193 Å². The van der Waals surface area contributed by atoms with Crippen molar-refractivity contribution in [2.45, 2.75) is 64.2 Å². The van der Waals surface area contributed by atoms with Crippen LogP contribution in [0.25, 0.3) is 0 Å². The number of halogens is 1. The zero-order valence-corrected chi connectivity index (χ0v) is 19.4. The molecule has 2 aromatic carbocycles. The number of amides is 1. The molecule has 0 saturated carbocycles. The summed E-state index contributed by atoms with van der Waals surface area (Å²) in [5.41, 5.74) is 2.38. The molecule has 1 aliphatic heterocycles. The molecule has 1 heterocycles. The summed E-state index contributed by atoms with van der Waals surface area (Å²) in [7, 11) is 0. The van der Waals surface area contributed by atoms with E-state index < -0.39 is 18.1 Å². The first-order valence-corrected chi connectivity index (χ1v) is 11.2. The largest absolute Gasteiger partial charge is 0.482 e. The molecular formula is C25H30ClNO5. The van der Waals surface area contributed by atoms with Crippen molar-refractivity contribution in [3.8, 4) is 5.75 Å². The number of carbonyl (C=O) groups is 2. The van der Waals surface area contributed by atoms with Crippen molar-refractivity contribution >= 4 is 23.5 Å². The first kappa shape index (κ1) is 24.1. The van der Waals surface area contributed by atoms with Crippen LogP contribution < -0.4 is 10.1 Å². The number of hydrogen-bond acceptors (Lipinski definition) is 4. The van der Waals surface area contributed by atoms with Crippen LogP contribution in [0.4, 0.5) is 0 Å². The minimum atomic E-state index is -1.04. The van der Waals surface area contributed by atoms with Gasteiger partial charge >= 0.3 is 5.97 Å². The van der Waals surface area contributed by atoms with Crippen LogP contribution in [0.3, 0.4) is 0 Å². The van der Waals surface area contributed by atoms with Gasteiger partial charge in [-0.2, -0.15) is 0 Å². The Balaban J connectivity index is 2.00. The van der Waals surface area contributed by atoms with Crippen molar-refractivity contribution in [1.82, 2.24) is 5.32 Å². The van der Waals surface area contributed by atoms with E-state index in [1.165, 1.54) is 6.92 Å². The van der Waals surface area contributed by atoms with Gasteiger partial charge in [-0.05, 0) is 48.7 Å². The second kappa shape index (κ2) is 10.4. The zero-order valence-electron chi connectivity index (χ0n) is 18.7. The summed E-state index contributed by atoms with van der Waals surface area (Å²) in [5, 5.41) is 12.8. The number of carboxylic acids is 1. The van der Waals surface area contributed by atoms with E-state index in [-0.39, 0.29) is 18.1 Å². The third kappa shape index (κ3) is 6.24. The summed E-state index contributed by atoms with van der Waals surface area (Å²) in [4.78, 5) is 23.1. The van der Waals surface area contributed by atoms with E-state index in [4.69, 9.17) is 26.2 Å². The van der Waals surface area contributed by atoms with Gasteiger partial charge in [-0.3, -0.25) is 4.79 Å². The van der Waals surface area contributed by atoms with Crippen LogP contribution in [-0.2, 0) is 20.7 Å². The van der Waals surface area contributed by atoms with Crippen LogP contribution in [0.5, 0.6) is 5.75 Å². The van der Waals surface area contributed by atoms with Crippen molar-refractivity contribution < 1.29 is 24.2 Å². The van der Waals surface area contributed by atoms with Gasteiger partial charge in [-0.15, -0.1) is 0 Å². The first-order chi connectivity index (χ1) is 15.2. The number of carbonyl (C=O) groups excluding carboxylic acids is 1. The topological polar surface area (TPSA) is 84.9 Å². The summed E-state index contributed by atoms with van der Waals surface area (Å²) >= 11 is 6.07. The van der Waals surface area contributed by atoms with E-state index in [9.17, 15) is 9.59 Å². The van der Waals surface area contributed by atoms with Crippen LogP contribution in [0.2, 0.25) is 5.02 Å². The molecule has 2 N–H and O–H groups in total. The maximum absolute atomic E-state index is 12.0. The van der Waals surface area contributed by atoms with Gasteiger partial charge in [-0.25, -0.2) is 4.79 Å². The number of ether oxygens (including phenoxy) is 2. The standard InChI is InChI=1S/C25H30ClNO5/c1-4-5-17-6-11-21(31-15-24(29)30)20(12-17)23-14-25(3,27-16(2)28)13-22(32-23)18-7-9-19(26)10-8-18/h6-12,22-23H,4-5,13-15H2,1-3H3,(H,27,28)(H,29,30)/t22-,23+,25-/m0/s1. The van der Waals surface area contributed by atoms with E-state index >= 15 is 0 Å². The highest BCUT2D eigenvalue weighted by molar-refractivity contribution is 6.30. The second-order valence-electron chi connectivity index (χ2n) is 8.62. The summed E-state index contributed by atoms with van der Waals surface area (Å²) in [6, 6.07) is 13.3. The predicted molar refractivity (Wildman–Crippen MR) is 123 cm³/mol. The van der Waals surface area contributed by atoms with E-state index in [0.717, 1.165) is 29.5 Å². The van der Waals surface area contributed by atoms with Gasteiger partial charge in [0.2, 0.25) is 5.91 Å². The van der Waals surface area contributed by atoms with Crippen molar-refractivity contribution in [3.63, 3.8) is 0 Å². The Morgan fingerprint density at radius 3 is 2.50 bits per heavy atom. The number of rotatable bonds is 8. The second-order valence-corrected chi connectivity index (χ2v) is 9.06. The molecule has 172 valence electrons. The lowest BCUT2D eigenvalue weighted by atomic mass is 9.81. The molecule has 1 saturated heterocycles. The molecule has 3 atom stereocenters. The van der Waals surface area contributed by atoms with E-state index in [1.54, 1.807) is 0 Å². The van der Waals surface area contributed by atoms with Crippen molar-refractivity contribution in [1.29, 1.82) is 0 Å². The SMILES string of the molecule is CCCc1ccc(OCC(=O)O)c([C@H]2C[C@@](C)(NC(C)=O)C[C@@H](c3ccc(Cl)cc3)O2)c1. The normalized spacial score (nSPS) is 22.9. The Morgan fingerprint density at radius 2 is 1.88 bits per heavy atom. The molecular weight excluding hydrogens is 430 g/mol. The molecule has 1 aliphatic rings. The lowest BCUT2D eigenvalue weighted by molar-refractivity contribution is -0.139. The molecule has 0 aliphatic carbocycles. The summed E-state index contributed by atoms with van der Waals surface area (Å²) < 4.78 is 12.1. The Hall–Kier alpha value is -2.57. The monoisotopic (exact) mass is 459 g/mol. The van der Waals surface area contributed by atoms with Crippen LogP contribution in [0, 0.1) is 0 Å². The van der Waals surface area contributed by atoms with Gasteiger partial charge in [0.05, 0.1) is 12.2 Å². The summed E-state index contributed by atoms with van der Waals surface area (Å²) in [6.07, 6.45) is 2.35. The minimum Gasteiger partial charge on any atom is -0.482 e. The number of hydrogen-bond donors (Lipinski definition) is 2. The molecule has 6 nitrogen and oxygen atoms in total. The smallest absolute Gasteiger partial charge is 0.341 e. The quantitative estimate of drug-likeness (QED) is 0.563. The molecule has 7 heteroatoms. The van der Waals surface area contributed by atoms with Crippen molar-refractivity contribution in [3.05, 3.63) is 64.2 Å². The number of nitrogens with one attached hydrogen (secondary N) is 1. The highest BCUT2D eigenvalue weighted by Crippen LogP contribution is 2.46. The van der Waals surface area contributed by atoms with E-state index in [2.05, 4.69) is 12.2 Å². The third-order valence-corrected chi connectivity index (χ3v) is 5.88. The van der Waals surface area contributed by atoms with Gasteiger partial charge in [0, 0.05) is 35.9 Å². The number of carboxylic acid groups (broad SMARTS) is 1. The highest BCUT2D eigenvalue weighted by atomic mass is 35.5. The first-order valence-electron chi connectivity index (χ1n) is 10.9. The lowest BCUT2D eigenvalue weighted by Crippen LogP contribution is -2.50. The third-order valence-electron chi connectivity index (χ3n) is 5.63. The minimum absolute atomic E-state index is 0.106. The van der Waals surface area contributed by atoms with E-state index in [0.29, 0.717) is 23.6 Å². The summed E-state index contributed by atoms with van der Waals surface area (Å²) in [6.45, 7) is 5.20. The average Bonchev–Trinajstić information content (AvgIpc) is 2.72. The van der Waals surface area contributed by atoms with Crippen LogP contribution >= 0.6 is 11.6 Å². The predicted octanol–water partition coefficient (Wildman–Crippen LogP) is 5.24. The molecule has 0 aromatic heterocycles. The highest BCUT2D eigenvalue weighted by Gasteiger charge is 2.40. The van der Waals surface area contributed by atoms with Gasteiger partial charge in [-0.1, -0.05) is 43.1 Å². The van der Waals surface area contributed by atoms with Gasteiger partial charge < -0.3 is 19.9 Å². The van der Waals surface area contributed by atoms with Crippen LogP contribution in [0.15, 0.2) is 42.5 Å². The maximum Gasteiger partial charge on any atom is 0.341 e.